The Morgan fingerprint density at radius 1 is 0.733 bits per heavy atom. The van der Waals surface area contributed by atoms with Gasteiger partial charge in [0.2, 0.25) is 0 Å². The topological polar surface area (TPSA) is 74.6 Å². The van der Waals surface area contributed by atoms with Gasteiger partial charge in [0.1, 0.15) is 0 Å². The van der Waals surface area contributed by atoms with Gasteiger partial charge in [0, 0.05) is 0 Å². The summed E-state index contributed by atoms with van der Waals surface area (Å²) in [5, 5.41) is 0. The lowest BCUT2D eigenvalue weighted by atomic mass is 10.1. The first kappa shape index (κ1) is 17.3. The van der Waals surface area contributed by atoms with Crippen LogP contribution in [0.25, 0.3) is 0 Å². The fourth-order valence-corrected chi connectivity index (χ4v) is 1.21. The summed E-state index contributed by atoms with van der Waals surface area (Å²) in [6, 6.07) is 0. The monoisotopic (exact) mass is 240 g/mol. The van der Waals surface area contributed by atoms with Gasteiger partial charge < -0.3 is 0 Å². The Balaban J connectivity index is 0. The van der Waals surface area contributed by atoms with Crippen molar-refractivity contribution in [1.29, 1.82) is 0 Å². The van der Waals surface area contributed by atoms with E-state index in [1.54, 1.807) is 0 Å². The molecule has 0 radical (unpaired) electrons. The largest absolute Gasteiger partial charge is 0.394 e. The number of hydrogen-bond acceptors (Lipinski definition) is 2. The Bertz CT molecular complexity index is 183. The highest BCUT2D eigenvalue weighted by Gasteiger charge is 1.87. The van der Waals surface area contributed by atoms with Crippen molar-refractivity contribution in [1.82, 2.24) is 0 Å². The molecule has 0 saturated heterocycles. The predicted molar refractivity (Wildman–Crippen MR) is 62.5 cm³/mol. The van der Waals surface area contributed by atoms with Crippen LogP contribution in [0.3, 0.4) is 0 Å². The average molecular weight is 240 g/mol. The van der Waals surface area contributed by atoms with E-state index < -0.39 is 10.4 Å². The van der Waals surface area contributed by atoms with Gasteiger partial charge in [-0.3, -0.25) is 9.11 Å². The first-order chi connectivity index (χ1) is 6.91. The second-order valence-electron chi connectivity index (χ2n) is 3.57. The maximum absolute atomic E-state index is 8.74. The predicted octanol–water partition coefficient (Wildman–Crippen LogP) is 3.49. The normalized spacial score (nSPS) is 10.7. The zero-order valence-corrected chi connectivity index (χ0v) is 10.6. The lowest BCUT2D eigenvalue weighted by Gasteiger charge is -1.97. The fourth-order valence-electron chi connectivity index (χ4n) is 1.21. The standard InChI is InChI=1S/C10H22.H2O4S/c1-3-5-7-9-10-8-6-4-2;1-5(2,3)4/h3-10H2,1-2H3;(H2,1,2,3,4). The van der Waals surface area contributed by atoms with Crippen molar-refractivity contribution in [3.05, 3.63) is 0 Å². The van der Waals surface area contributed by atoms with E-state index in [0.29, 0.717) is 0 Å². The molecule has 0 aromatic rings. The van der Waals surface area contributed by atoms with Gasteiger partial charge >= 0.3 is 10.4 Å². The molecule has 0 aromatic heterocycles. The molecule has 0 aliphatic heterocycles. The van der Waals surface area contributed by atoms with Crippen molar-refractivity contribution in [2.75, 3.05) is 0 Å². The maximum atomic E-state index is 8.74. The van der Waals surface area contributed by atoms with Gasteiger partial charge in [-0.15, -0.1) is 0 Å². The zero-order chi connectivity index (χ0) is 12.2. The minimum atomic E-state index is -4.67. The summed E-state index contributed by atoms with van der Waals surface area (Å²) in [6.07, 6.45) is 11.5. The molecule has 0 heterocycles. The van der Waals surface area contributed by atoms with E-state index in [0.717, 1.165) is 0 Å². The van der Waals surface area contributed by atoms with Gasteiger partial charge in [-0.1, -0.05) is 65.2 Å². The molecule has 15 heavy (non-hydrogen) atoms. The van der Waals surface area contributed by atoms with Crippen LogP contribution < -0.4 is 0 Å². The van der Waals surface area contributed by atoms with E-state index in [1.807, 2.05) is 0 Å². The average Bonchev–Trinajstić information content (AvgIpc) is 2.08. The van der Waals surface area contributed by atoms with Crippen LogP contribution in [0.4, 0.5) is 0 Å². The van der Waals surface area contributed by atoms with E-state index in [4.69, 9.17) is 17.5 Å². The second kappa shape index (κ2) is 11.9. The maximum Gasteiger partial charge on any atom is 0.394 e. The lowest BCUT2D eigenvalue weighted by Crippen LogP contribution is -1.89. The van der Waals surface area contributed by atoms with Crippen LogP contribution in [0, 0.1) is 0 Å². The third kappa shape index (κ3) is 41.4. The molecule has 94 valence electrons. The highest BCUT2D eigenvalue weighted by Crippen LogP contribution is 2.07. The third-order valence-corrected chi connectivity index (χ3v) is 1.96. The SMILES string of the molecule is CCCCCCCCCC.O=S(=O)(O)O. The second-order valence-corrected chi connectivity index (χ2v) is 4.46. The van der Waals surface area contributed by atoms with E-state index in [2.05, 4.69) is 13.8 Å². The summed E-state index contributed by atoms with van der Waals surface area (Å²) in [5.41, 5.74) is 0. The first-order valence-corrected chi connectivity index (χ1v) is 7.01. The van der Waals surface area contributed by atoms with E-state index in [9.17, 15) is 0 Å². The molecular formula is C10H24O4S. The van der Waals surface area contributed by atoms with Gasteiger partial charge in [0.25, 0.3) is 0 Å². The molecule has 0 amide bonds. The Morgan fingerprint density at radius 3 is 1.13 bits per heavy atom. The van der Waals surface area contributed by atoms with Crippen molar-refractivity contribution >= 4 is 10.4 Å². The number of unbranched alkanes of at least 4 members (excludes halogenated alkanes) is 7. The molecule has 0 rings (SSSR count). The van der Waals surface area contributed by atoms with Crippen LogP contribution in [-0.4, -0.2) is 17.5 Å². The molecule has 0 spiro atoms. The zero-order valence-electron chi connectivity index (χ0n) is 9.78. The highest BCUT2D eigenvalue weighted by molar-refractivity contribution is 7.79. The van der Waals surface area contributed by atoms with Crippen molar-refractivity contribution < 1.29 is 17.5 Å². The van der Waals surface area contributed by atoms with Crippen LogP contribution in [0.1, 0.15) is 65.2 Å². The fraction of sp³-hybridized carbons (Fsp3) is 1.00. The van der Waals surface area contributed by atoms with Gasteiger partial charge in [-0.05, 0) is 0 Å². The van der Waals surface area contributed by atoms with Crippen molar-refractivity contribution in [3.63, 3.8) is 0 Å². The van der Waals surface area contributed by atoms with Crippen molar-refractivity contribution in [2.45, 2.75) is 65.2 Å². The van der Waals surface area contributed by atoms with Crippen LogP contribution >= 0.6 is 0 Å². The van der Waals surface area contributed by atoms with Gasteiger partial charge in [-0.2, -0.15) is 8.42 Å². The van der Waals surface area contributed by atoms with E-state index in [-0.39, 0.29) is 0 Å². The van der Waals surface area contributed by atoms with Crippen LogP contribution in [0.15, 0.2) is 0 Å². The highest BCUT2D eigenvalue weighted by atomic mass is 32.3. The van der Waals surface area contributed by atoms with Crippen molar-refractivity contribution in [2.24, 2.45) is 0 Å². The van der Waals surface area contributed by atoms with Gasteiger partial charge in [-0.25, -0.2) is 0 Å². The number of hydrogen-bond donors (Lipinski definition) is 2. The lowest BCUT2D eigenvalue weighted by molar-refractivity contribution is 0.381. The molecule has 0 aromatic carbocycles. The molecule has 0 saturated carbocycles. The third-order valence-electron chi connectivity index (χ3n) is 1.96. The van der Waals surface area contributed by atoms with E-state index >= 15 is 0 Å². The summed E-state index contributed by atoms with van der Waals surface area (Å²) in [5.74, 6) is 0. The quantitative estimate of drug-likeness (QED) is 0.527. The molecular weight excluding hydrogens is 216 g/mol. The molecule has 2 N–H and O–H groups in total. The Labute approximate surface area is 93.7 Å². The molecule has 0 aliphatic rings. The molecule has 0 atom stereocenters. The minimum Gasteiger partial charge on any atom is -0.264 e. The molecule has 0 fully saturated rings. The Morgan fingerprint density at radius 2 is 0.933 bits per heavy atom. The van der Waals surface area contributed by atoms with Crippen LogP contribution in [0.2, 0.25) is 0 Å². The van der Waals surface area contributed by atoms with E-state index in [1.165, 1.54) is 51.4 Å². The summed E-state index contributed by atoms with van der Waals surface area (Å²) in [6.45, 7) is 4.54. The summed E-state index contributed by atoms with van der Waals surface area (Å²) >= 11 is 0. The Hall–Kier alpha value is -0.130. The number of rotatable bonds is 7. The smallest absolute Gasteiger partial charge is 0.264 e. The first-order valence-electron chi connectivity index (χ1n) is 5.61. The van der Waals surface area contributed by atoms with Crippen molar-refractivity contribution in [3.8, 4) is 0 Å². The summed E-state index contributed by atoms with van der Waals surface area (Å²) < 4.78 is 31.6. The summed E-state index contributed by atoms with van der Waals surface area (Å²) in [4.78, 5) is 0. The molecule has 0 aliphatic carbocycles. The summed E-state index contributed by atoms with van der Waals surface area (Å²) in [7, 11) is -4.67. The van der Waals surface area contributed by atoms with Gasteiger partial charge in [0.05, 0.1) is 0 Å². The molecule has 5 heteroatoms. The molecule has 0 unspecified atom stereocenters. The van der Waals surface area contributed by atoms with Crippen LogP contribution in [-0.2, 0) is 10.4 Å². The van der Waals surface area contributed by atoms with Crippen LogP contribution in [0.5, 0.6) is 0 Å². The molecule has 4 nitrogen and oxygen atoms in total. The van der Waals surface area contributed by atoms with Gasteiger partial charge in [0.15, 0.2) is 0 Å². The Kier molecular flexibility index (Phi) is 13.7. The minimum absolute atomic E-state index is 1.37. The molecule has 0 bridgehead atoms.